The van der Waals surface area contributed by atoms with Gasteiger partial charge in [-0.2, -0.15) is 0 Å². The van der Waals surface area contributed by atoms with Crippen LogP contribution in [0.4, 0.5) is 0 Å². The molecule has 1 aliphatic heterocycles. The summed E-state index contributed by atoms with van der Waals surface area (Å²) in [5.41, 5.74) is 0.767. The van der Waals surface area contributed by atoms with E-state index >= 15 is 0 Å². The van der Waals surface area contributed by atoms with Gasteiger partial charge in [0.2, 0.25) is 11.7 Å². The Labute approximate surface area is 209 Å². The van der Waals surface area contributed by atoms with E-state index in [9.17, 15) is 19.2 Å². The van der Waals surface area contributed by atoms with E-state index in [1.54, 1.807) is 51.4 Å². The molecule has 0 aromatic heterocycles. The number of aliphatic carboxylic acids is 2. The van der Waals surface area contributed by atoms with Crippen molar-refractivity contribution in [1.29, 1.82) is 0 Å². The predicted octanol–water partition coefficient (Wildman–Crippen LogP) is 1.14. The van der Waals surface area contributed by atoms with Crippen LogP contribution in [-0.2, 0) is 23.9 Å². The standard InChI is InChI=1S/C20H28N2O6.C4H4O4/c1-5-28-19(24)14-21-8-10-22(11-9-21)18(23)7-6-15-12-16(25-2)20(27-4)17(13-15)26-3;5-3(6)1-2-4(7)8/h6-7,12-13H,5,8-11,14H2,1-4H3;1-2H,(H,5,6)(H,7,8)/b7-6+;2-1-. The zero-order valence-corrected chi connectivity index (χ0v) is 20.8. The highest BCUT2D eigenvalue weighted by atomic mass is 16.5. The Morgan fingerprint density at radius 1 is 0.861 bits per heavy atom. The maximum atomic E-state index is 12.5. The molecule has 1 aromatic carbocycles. The Kier molecular flexibility index (Phi) is 13.1. The number of carbonyl (C=O) groups excluding carboxylic acids is 2. The van der Waals surface area contributed by atoms with Crippen molar-refractivity contribution in [3.05, 3.63) is 35.9 Å². The van der Waals surface area contributed by atoms with E-state index < -0.39 is 11.9 Å². The third-order valence-corrected chi connectivity index (χ3v) is 4.82. The first-order valence-electron chi connectivity index (χ1n) is 10.9. The minimum atomic E-state index is -1.26. The van der Waals surface area contributed by atoms with Crippen molar-refractivity contribution < 1.29 is 48.3 Å². The molecular formula is C24H32N2O10. The fraction of sp³-hybridized carbons (Fsp3) is 0.417. The van der Waals surface area contributed by atoms with Crippen LogP contribution in [0.25, 0.3) is 6.08 Å². The van der Waals surface area contributed by atoms with Gasteiger partial charge in [0.15, 0.2) is 11.5 Å². The zero-order chi connectivity index (χ0) is 27.1. The van der Waals surface area contributed by atoms with Gasteiger partial charge >= 0.3 is 17.9 Å². The molecule has 2 rings (SSSR count). The van der Waals surface area contributed by atoms with E-state index in [1.807, 2.05) is 4.90 Å². The van der Waals surface area contributed by atoms with Gasteiger partial charge in [0.05, 0.1) is 34.5 Å². The van der Waals surface area contributed by atoms with Crippen molar-refractivity contribution in [2.24, 2.45) is 0 Å². The Balaban J connectivity index is 0.000000697. The highest BCUT2D eigenvalue weighted by Crippen LogP contribution is 2.38. The second-order valence-corrected chi connectivity index (χ2v) is 7.21. The molecule has 12 nitrogen and oxygen atoms in total. The van der Waals surface area contributed by atoms with Gasteiger partial charge in [-0.15, -0.1) is 0 Å². The molecule has 0 saturated carbocycles. The number of hydrogen-bond acceptors (Lipinski definition) is 9. The molecule has 0 aliphatic carbocycles. The fourth-order valence-corrected chi connectivity index (χ4v) is 3.13. The van der Waals surface area contributed by atoms with Crippen molar-refractivity contribution in [3.63, 3.8) is 0 Å². The molecule has 0 atom stereocenters. The number of nitrogens with zero attached hydrogens (tertiary/aromatic N) is 2. The first kappa shape index (κ1) is 30.0. The van der Waals surface area contributed by atoms with E-state index in [0.717, 1.165) is 5.56 Å². The van der Waals surface area contributed by atoms with Crippen molar-refractivity contribution in [1.82, 2.24) is 9.80 Å². The van der Waals surface area contributed by atoms with E-state index in [1.165, 1.54) is 6.08 Å². The van der Waals surface area contributed by atoms with Crippen LogP contribution < -0.4 is 14.2 Å². The summed E-state index contributed by atoms with van der Waals surface area (Å²) in [4.78, 5) is 46.9. The molecule has 36 heavy (non-hydrogen) atoms. The molecule has 0 bridgehead atoms. The molecule has 1 saturated heterocycles. The smallest absolute Gasteiger partial charge is 0.328 e. The van der Waals surface area contributed by atoms with Gasteiger partial charge in [0.25, 0.3) is 0 Å². The summed E-state index contributed by atoms with van der Waals surface area (Å²) in [6, 6.07) is 3.56. The third-order valence-electron chi connectivity index (χ3n) is 4.82. The summed E-state index contributed by atoms with van der Waals surface area (Å²) in [7, 11) is 4.64. The maximum absolute atomic E-state index is 12.5. The number of hydrogen-bond donors (Lipinski definition) is 2. The van der Waals surface area contributed by atoms with Crippen molar-refractivity contribution in [3.8, 4) is 17.2 Å². The molecular weight excluding hydrogens is 476 g/mol. The number of piperazine rings is 1. The number of carbonyl (C=O) groups is 4. The second-order valence-electron chi connectivity index (χ2n) is 7.21. The van der Waals surface area contributed by atoms with Gasteiger partial charge in [-0.25, -0.2) is 9.59 Å². The minimum Gasteiger partial charge on any atom is -0.493 e. The lowest BCUT2D eigenvalue weighted by atomic mass is 10.1. The first-order valence-corrected chi connectivity index (χ1v) is 10.9. The number of ether oxygens (including phenoxy) is 4. The summed E-state index contributed by atoms with van der Waals surface area (Å²) in [5.74, 6) is -1.26. The molecule has 1 amide bonds. The predicted molar refractivity (Wildman–Crippen MR) is 129 cm³/mol. The maximum Gasteiger partial charge on any atom is 0.328 e. The number of methoxy groups -OCH3 is 3. The highest BCUT2D eigenvalue weighted by molar-refractivity contribution is 5.92. The van der Waals surface area contributed by atoms with Gasteiger partial charge in [0.1, 0.15) is 0 Å². The quantitative estimate of drug-likeness (QED) is 0.346. The number of benzene rings is 1. The van der Waals surface area contributed by atoms with E-state index in [2.05, 4.69) is 0 Å². The Hall–Kier alpha value is -4.06. The van der Waals surface area contributed by atoms with Crippen LogP contribution in [0.5, 0.6) is 17.2 Å². The average Bonchev–Trinajstić information content (AvgIpc) is 2.86. The van der Waals surface area contributed by atoms with Gasteiger partial charge in [-0.1, -0.05) is 0 Å². The lowest BCUT2D eigenvalue weighted by Gasteiger charge is -2.33. The molecule has 2 N–H and O–H groups in total. The van der Waals surface area contributed by atoms with E-state index in [0.29, 0.717) is 62.2 Å². The van der Waals surface area contributed by atoms with E-state index in [-0.39, 0.29) is 18.4 Å². The molecule has 1 heterocycles. The van der Waals surface area contributed by atoms with E-state index in [4.69, 9.17) is 29.2 Å². The Bertz CT molecular complexity index is 925. The number of rotatable bonds is 10. The summed E-state index contributed by atoms with van der Waals surface area (Å²) in [6.07, 6.45) is 4.37. The number of amides is 1. The van der Waals surface area contributed by atoms with Crippen LogP contribution in [-0.4, -0.2) is 104 Å². The first-order chi connectivity index (χ1) is 17.1. The molecule has 1 aromatic rings. The van der Waals surface area contributed by atoms with Gasteiger partial charge in [-0.3, -0.25) is 14.5 Å². The zero-order valence-electron chi connectivity index (χ0n) is 20.8. The lowest BCUT2D eigenvalue weighted by molar-refractivity contribution is -0.145. The Morgan fingerprint density at radius 2 is 1.39 bits per heavy atom. The van der Waals surface area contributed by atoms with Crippen LogP contribution in [0.2, 0.25) is 0 Å². The lowest BCUT2D eigenvalue weighted by Crippen LogP contribution is -2.49. The topological polar surface area (TPSA) is 152 Å². The van der Waals surface area contributed by atoms with Gasteiger partial charge in [-0.05, 0) is 30.7 Å². The third kappa shape index (κ3) is 10.5. The molecule has 1 fully saturated rings. The molecule has 1 aliphatic rings. The average molecular weight is 509 g/mol. The monoisotopic (exact) mass is 508 g/mol. The van der Waals surface area contributed by atoms with Crippen LogP contribution >= 0.6 is 0 Å². The van der Waals surface area contributed by atoms with Gasteiger partial charge in [0, 0.05) is 44.4 Å². The van der Waals surface area contributed by atoms with Crippen molar-refractivity contribution in [2.45, 2.75) is 6.92 Å². The summed E-state index contributed by atoms with van der Waals surface area (Å²) < 4.78 is 20.9. The van der Waals surface area contributed by atoms with Crippen molar-refractivity contribution >= 4 is 29.9 Å². The largest absolute Gasteiger partial charge is 0.493 e. The molecule has 0 radical (unpaired) electrons. The van der Waals surface area contributed by atoms with Crippen LogP contribution in [0.3, 0.4) is 0 Å². The number of esters is 1. The molecule has 0 spiro atoms. The van der Waals surface area contributed by atoms with Crippen LogP contribution in [0.15, 0.2) is 30.4 Å². The molecule has 12 heteroatoms. The summed E-state index contributed by atoms with van der Waals surface area (Å²) >= 11 is 0. The minimum absolute atomic E-state index is 0.0791. The normalized spacial score (nSPS) is 13.6. The summed E-state index contributed by atoms with van der Waals surface area (Å²) in [6.45, 7) is 4.84. The highest BCUT2D eigenvalue weighted by Gasteiger charge is 2.21. The Morgan fingerprint density at radius 3 is 1.81 bits per heavy atom. The fourth-order valence-electron chi connectivity index (χ4n) is 3.13. The molecule has 198 valence electrons. The SMILES string of the molecule is CCOC(=O)CN1CCN(C(=O)/C=C/c2cc(OC)c(OC)c(OC)c2)CC1.O=C(O)/C=C\C(=O)O. The molecule has 0 unspecified atom stereocenters. The number of carboxylic acid groups (broad SMARTS) is 2. The summed E-state index contributed by atoms with van der Waals surface area (Å²) in [5, 5.41) is 15.6. The van der Waals surface area contributed by atoms with Crippen LogP contribution in [0, 0.1) is 0 Å². The number of carboxylic acids is 2. The van der Waals surface area contributed by atoms with Crippen molar-refractivity contribution in [2.75, 3.05) is 60.7 Å². The van der Waals surface area contributed by atoms with Crippen LogP contribution in [0.1, 0.15) is 12.5 Å². The van der Waals surface area contributed by atoms with Gasteiger partial charge < -0.3 is 34.1 Å². The second kappa shape index (κ2) is 15.8.